The van der Waals surface area contributed by atoms with Crippen LogP contribution in [0.1, 0.15) is 69.4 Å². The van der Waals surface area contributed by atoms with Crippen LogP contribution in [0.25, 0.3) is 0 Å². The van der Waals surface area contributed by atoms with E-state index >= 15 is 0 Å². The lowest BCUT2D eigenvalue weighted by atomic mass is 9.78. The van der Waals surface area contributed by atoms with Crippen LogP contribution < -0.4 is 0 Å². The third kappa shape index (κ3) is 6.10. The number of halogens is 5. The van der Waals surface area contributed by atoms with Gasteiger partial charge in [0.2, 0.25) is 0 Å². The zero-order valence-corrected chi connectivity index (χ0v) is 15.2. The highest BCUT2D eigenvalue weighted by Gasteiger charge is 2.37. The Labute approximate surface area is 152 Å². The lowest BCUT2D eigenvalue weighted by Crippen LogP contribution is -2.15. The number of unbranched alkanes of at least 4 members (excludes halogenated alkanes) is 1. The van der Waals surface area contributed by atoms with Gasteiger partial charge in [0.15, 0.2) is 0 Å². The van der Waals surface area contributed by atoms with Gasteiger partial charge in [0.05, 0.1) is 0 Å². The second-order valence-corrected chi connectivity index (χ2v) is 7.36. The van der Waals surface area contributed by atoms with Gasteiger partial charge in [-0.3, -0.25) is 0 Å². The standard InChI is InChI=1S/C21H27F5/c1-2-3-4-5-6-15-7-9-16(10-8-15)11-12-17-13-18(22)20(19(23)14-17)21(24,25)26/h2-3,13-16H,4-12H2,1H3/b3-2+/t15-,16-. The average Bonchev–Trinajstić information content (AvgIpc) is 2.56. The molecule has 0 N–H and O–H groups in total. The SMILES string of the molecule is C/C=C/CCC[C@H]1CC[C@H](CCc2cc(F)c(C(F)(F)F)c(F)c2)CC1. The quantitative estimate of drug-likeness (QED) is 0.264. The maximum atomic E-state index is 13.6. The van der Waals surface area contributed by atoms with E-state index in [1.807, 2.05) is 6.92 Å². The monoisotopic (exact) mass is 374 g/mol. The molecule has 0 saturated heterocycles. The molecule has 0 radical (unpaired) electrons. The number of aryl methyl sites for hydroxylation is 1. The van der Waals surface area contributed by atoms with Gasteiger partial charge in [-0.1, -0.05) is 44.3 Å². The van der Waals surface area contributed by atoms with E-state index in [4.69, 9.17) is 0 Å². The lowest BCUT2D eigenvalue weighted by Gasteiger charge is -2.28. The van der Waals surface area contributed by atoms with E-state index in [0.717, 1.165) is 43.7 Å². The van der Waals surface area contributed by atoms with Gasteiger partial charge in [0.25, 0.3) is 0 Å². The predicted molar refractivity (Wildman–Crippen MR) is 93.8 cm³/mol. The molecule has 0 bridgehead atoms. The van der Waals surface area contributed by atoms with Gasteiger partial charge in [-0.05, 0) is 62.1 Å². The zero-order chi connectivity index (χ0) is 19.2. The van der Waals surface area contributed by atoms with Crippen molar-refractivity contribution in [1.29, 1.82) is 0 Å². The topological polar surface area (TPSA) is 0 Å². The summed E-state index contributed by atoms with van der Waals surface area (Å²) in [6.45, 7) is 2.03. The molecule has 1 aromatic rings. The van der Waals surface area contributed by atoms with Crippen LogP contribution in [-0.4, -0.2) is 0 Å². The molecule has 0 amide bonds. The minimum Gasteiger partial charge on any atom is -0.206 e. The number of hydrogen-bond acceptors (Lipinski definition) is 0. The van der Waals surface area contributed by atoms with Crippen LogP contribution in [0.4, 0.5) is 22.0 Å². The summed E-state index contributed by atoms with van der Waals surface area (Å²) in [4.78, 5) is 0. The molecule has 0 aromatic heterocycles. The van der Waals surface area contributed by atoms with Crippen LogP contribution in [-0.2, 0) is 12.6 Å². The van der Waals surface area contributed by atoms with Gasteiger partial charge < -0.3 is 0 Å². The molecular weight excluding hydrogens is 347 g/mol. The van der Waals surface area contributed by atoms with Crippen molar-refractivity contribution in [1.82, 2.24) is 0 Å². The first-order chi connectivity index (χ1) is 12.3. The summed E-state index contributed by atoms with van der Waals surface area (Å²) in [6, 6.07) is 1.66. The van der Waals surface area contributed by atoms with Gasteiger partial charge in [0, 0.05) is 0 Å². The molecule has 0 spiro atoms. The smallest absolute Gasteiger partial charge is 0.206 e. The predicted octanol–water partition coefficient (Wildman–Crippen LogP) is 7.47. The van der Waals surface area contributed by atoms with E-state index in [9.17, 15) is 22.0 Å². The van der Waals surface area contributed by atoms with Gasteiger partial charge in [0.1, 0.15) is 17.2 Å². The van der Waals surface area contributed by atoms with Gasteiger partial charge >= 0.3 is 6.18 Å². The second-order valence-electron chi connectivity index (χ2n) is 7.36. The highest BCUT2D eigenvalue weighted by Crippen LogP contribution is 2.36. The molecule has 1 aliphatic rings. The third-order valence-corrected chi connectivity index (χ3v) is 5.41. The minimum absolute atomic E-state index is 0.307. The highest BCUT2D eigenvalue weighted by atomic mass is 19.4. The third-order valence-electron chi connectivity index (χ3n) is 5.41. The van der Waals surface area contributed by atoms with Crippen molar-refractivity contribution in [3.05, 3.63) is 47.0 Å². The molecular formula is C21H27F5. The number of benzene rings is 1. The second kappa shape index (κ2) is 9.52. The molecule has 1 aliphatic carbocycles. The van der Waals surface area contributed by atoms with Crippen LogP contribution >= 0.6 is 0 Å². The summed E-state index contributed by atoms with van der Waals surface area (Å²) in [5.74, 6) is -1.78. The first kappa shape index (κ1) is 20.9. The van der Waals surface area contributed by atoms with Gasteiger partial charge in [-0.15, -0.1) is 0 Å². The summed E-state index contributed by atoms with van der Waals surface area (Å²) >= 11 is 0. The summed E-state index contributed by atoms with van der Waals surface area (Å²) in [5.41, 5.74) is -1.49. The fourth-order valence-electron chi connectivity index (χ4n) is 3.91. The number of allylic oxidation sites excluding steroid dienone is 2. The molecule has 26 heavy (non-hydrogen) atoms. The van der Waals surface area contributed by atoms with Gasteiger partial charge in [-0.2, -0.15) is 13.2 Å². The molecule has 1 fully saturated rings. The van der Waals surface area contributed by atoms with Crippen molar-refractivity contribution in [3.8, 4) is 0 Å². The largest absolute Gasteiger partial charge is 0.422 e. The minimum atomic E-state index is -5.00. The molecule has 0 unspecified atom stereocenters. The van der Waals surface area contributed by atoms with E-state index in [2.05, 4.69) is 12.2 Å². The first-order valence-electron chi connectivity index (χ1n) is 9.47. The summed E-state index contributed by atoms with van der Waals surface area (Å²) in [5, 5.41) is 0. The molecule has 1 aromatic carbocycles. The Hall–Kier alpha value is -1.39. The van der Waals surface area contributed by atoms with E-state index in [1.54, 1.807) is 0 Å². The van der Waals surface area contributed by atoms with Crippen molar-refractivity contribution in [2.45, 2.75) is 70.9 Å². The van der Waals surface area contributed by atoms with Crippen LogP contribution in [0.5, 0.6) is 0 Å². The average molecular weight is 374 g/mol. The lowest BCUT2D eigenvalue weighted by molar-refractivity contribution is -0.142. The van der Waals surface area contributed by atoms with Crippen LogP contribution in [0.3, 0.4) is 0 Å². The van der Waals surface area contributed by atoms with Crippen molar-refractivity contribution in [2.75, 3.05) is 0 Å². The van der Waals surface area contributed by atoms with Crippen molar-refractivity contribution >= 4 is 0 Å². The summed E-state index contributed by atoms with van der Waals surface area (Å²) < 4.78 is 65.1. The first-order valence-corrected chi connectivity index (χ1v) is 9.47. The fourth-order valence-corrected chi connectivity index (χ4v) is 3.91. The Morgan fingerprint density at radius 1 is 0.962 bits per heavy atom. The molecule has 0 heterocycles. The molecule has 0 aliphatic heterocycles. The number of alkyl halides is 3. The summed E-state index contributed by atoms with van der Waals surface area (Å²) in [6.07, 6.45) is 8.58. The highest BCUT2D eigenvalue weighted by molar-refractivity contribution is 5.28. The summed E-state index contributed by atoms with van der Waals surface area (Å²) in [7, 11) is 0. The van der Waals surface area contributed by atoms with Crippen molar-refractivity contribution < 1.29 is 22.0 Å². The molecule has 5 heteroatoms. The fraction of sp³-hybridized carbons (Fsp3) is 0.619. The van der Waals surface area contributed by atoms with E-state index in [1.165, 1.54) is 25.7 Å². The maximum Gasteiger partial charge on any atom is 0.422 e. The number of rotatable bonds is 7. The Morgan fingerprint density at radius 3 is 2.00 bits per heavy atom. The Bertz CT molecular complexity index is 572. The molecule has 0 atom stereocenters. The van der Waals surface area contributed by atoms with Crippen LogP contribution in [0, 0.1) is 23.5 Å². The van der Waals surface area contributed by atoms with Crippen molar-refractivity contribution in [2.24, 2.45) is 11.8 Å². The normalized spacial score (nSPS) is 21.5. The Morgan fingerprint density at radius 2 is 1.50 bits per heavy atom. The molecule has 1 saturated carbocycles. The maximum absolute atomic E-state index is 13.6. The Kier molecular flexibility index (Phi) is 7.66. The van der Waals surface area contributed by atoms with Crippen LogP contribution in [0.15, 0.2) is 24.3 Å². The Balaban J connectivity index is 1.80. The van der Waals surface area contributed by atoms with E-state index in [-0.39, 0.29) is 0 Å². The molecule has 2 rings (SSSR count). The zero-order valence-electron chi connectivity index (χ0n) is 15.2. The number of hydrogen-bond donors (Lipinski definition) is 0. The van der Waals surface area contributed by atoms with E-state index in [0.29, 0.717) is 17.9 Å². The van der Waals surface area contributed by atoms with E-state index < -0.39 is 23.4 Å². The van der Waals surface area contributed by atoms with Crippen molar-refractivity contribution in [3.63, 3.8) is 0 Å². The van der Waals surface area contributed by atoms with Crippen LogP contribution in [0.2, 0.25) is 0 Å². The van der Waals surface area contributed by atoms with Gasteiger partial charge in [-0.25, -0.2) is 8.78 Å². The molecule has 0 nitrogen and oxygen atoms in total. The molecule has 146 valence electrons.